The van der Waals surface area contributed by atoms with Gasteiger partial charge in [0.15, 0.2) is 0 Å². The molecule has 0 bridgehead atoms. The highest BCUT2D eigenvalue weighted by Gasteiger charge is 1.99. The van der Waals surface area contributed by atoms with E-state index in [9.17, 15) is 0 Å². The van der Waals surface area contributed by atoms with E-state index >= 15 is 0 Å². The van der Waals surface area contributed by atoms with Crippen molar-refractivity contribution in [2.75, 3.05) is 0 Å². The Balaban J connectivity index is 1.79. The third-order valence-corrected chi connectivity index (χ3v) is 3.35. The second-order valence-corrected chi connectivity index (χ2v) is 4.57. The van der Waals surface area contributed by atoms with Crippen molar-refractivity contribution in [3.8, 4) is 0 Å². The molecule has 2 nitrogen and oxygen atoms in total. The summed E-state index contributed by atoms with van der Waals surface area (Å²) in [6.45, 7) is 0.998. The molecule has 0 fully saturated rings. The van der Waals surface area contributed by atoms with Crippen LogP contribution in [0, 0.1) is 0 Å². The summed E-state index contributed by atoms with van der Waals surface area (Å²) in [5, 5.41) is 4.73. The molecule has 2 aromatic heterocycles. The van der Waals surface area contributed by atoms with E-state index in [2.05, 4.69) is 51.6 Å². The Hall–Kier alpha value is -1.61. The molecule has 2 heterocycles. The van der Waals surface area contributed by atoms with Crippen molar-refractivity contribution in [1.82, 2.24) is 9.55 Å². The van der Waals surface area contributed by atoms with Crippen LogP contribution >= 0.6 is 11.3 Å². The smallest absolute Gasteiger partial charge is 0.0794 e. The summed E-state index contributed by atoms with van der Waals surface area (Å²) >= 11 is 1.66. The van der Waals surface area contributed by atoms with Gasteiger partial charge in [-0.05, 0) is 10.8 Å². The number of fused-ring (bicyclic) bond motifs is 1. The standard InChI is InChI=1S/C13H12N2S/c1-2-4-12-8-15(7-11(12)3-1)6-5-13-9-16-10-14-13/h1-4,7-10H,5-6H2. The van der Waals surface area contributed by atoms with Gasteiger partial charge in [-0.25, -0.2) is 4.98 Å². The summed E-state index contributed by atoms with van der Waals surface area (Å²) in [6.07, 6.45) is 5.40. The Morgan fingerprint density at radius 2 is 1.88 bits per heavy atom. The zero-order valence-corrected chi connectivity index (χ0v) is 9.65. The van der Waals surface area contributed by atoms with E-state index in [-0.39, 0.29) is 0 Å². The number of aromatic nitrogens is 2. The number of rotatable bonds is 3. The van der Waals surface area contributed by atoms with Crippen LogP contribution in [0.25, 0.3) is 10.8 Å². The third-order valence-electron chi connectivity index (χ3n) is 2.72. The number of hydrogen-bond acceptors (Lipinski definition) is 2. The van der Waals surface area contributed by atoms with Gasteiger partial charge < -0.3 is 4.57 Å². The zero-order chi connectivity index (χ0) is 10.8. The summed E-state index contributed by atoms with van der Waals surface area (Å²) in [4.78, 5) is 4.29. The topological polar surface area (TPSA) is 17.8 Å². The van der Waals surface area contributed by atoms with Gasteiger partial charge in [0.2, 0.25) is 0 Å². The largest absolute Gasteiger partial charge is 0.353 e. The van der Waals surface area contributed by atoms with E-state index in [0.717, 1.165) is 13.0 Å². The molecule has 0 aliphatic rings. The fraction of sp³-hybridized carbons (Fsp3) is 0.154. The lowest BCUT2D eigenvalue weighted by molar-refractivity contribution is 0.695. The Morgan fingerprint density at radius 3 is 2.50 bits per heavy atom. The van der Waals surface area contributed by atoms with Crippen molar-refractivity contribution < 1.29 is 0 Å². The van der Waals surface area contributed by atoms with Crippen LogP contribution in [0.2, 0.25) is 0 Å². The normalized spacial score (nSPS) is 11.0. The van der Waals surface area contributed by atoms with Crippen LogP contribution in [0.5, 0.6) is 0 Å². The van der Waals surface area contributed by atoms with Gasteiger partial charge in [0.25, 0.3) is 0 Å². The minimum Gasteiger partial charge on any atom is -0.353 e. The maximum absolute atomic E-state index is 4.29. The molecule has 0 saturated carbocycles. The SMILES string of the molecule is c1ccc2cn(CCc3cscn3)cc2c1. The zero-order valence-electron chi connectivity index (χ0n) is 8.84. The summed E-state index contributed by atoms with van der Waals surface area (Å²) in [7, 11) is 0. The quantitative estimate of drug-likeness (QED) is 0.672. The molecule has 16 heavy (non-hydrogen) atoms. The highest BCUT2D eigenvalue weighted by atomic mass is 32.1. The van der Waals surface area contributed by atoms with E-state index in [0.29, 0.717) is 0 Å². The number of benzene rings is 1. The average molecular weight is 228 g/mol. The molecule has 3 rings (SSSR count). The molecule has 0 saturated heterocycles. The van der Waals surface area contributed by atoms with Crippen LogP contribution < -0.4 is 0 Å². The first-order chi connectivity index (χ1) is 7.92. The Morgan fingerprint density at radius 1 is 1.12 bits per heavy atom. The minimum atomic E-state index is 0.998. The molecular weight excluding hydrogens is 216 g/mol. The predicted octanol–water partition coefficient (Wildman–Crippen LogP) is 3.34. The fourth-order valence-corrected chi connectivity index (χ4v) is 2.47. The average Bonchev–Trinajstić information content (AvgIpc) is 2.95. The van der Waals surface area contributed by atoms with Crippen molar-refractivity contribution in [2.45, 2.75) is 13.0 Å². The highest BCUT2D eigenvalue weighted by molar-refractivity contribution is 7.07. The van der Waals surface area contributed by atoms with Crippen LogP contribution in [-0.2, 0) is 13.0 Å². The van der Waals surface area contributed by atoms with Gasteiger partial charge in [-0.3, -0.25) is 0 Å². The lowest BCUT2D eigenvalue weighted by Gasteiger charge is -1.99. The number of aryl methyl sites for hydroxylation is 2. The summed E-state index contributed by atoms with van der Waals surface area (Å²) in [5.74, 6) is 0. The molecule has 0 amide bonds. The first-order valence-electron chi connectivity index (χ1n) is 5.33. The molecule has 3 heteroatoms. The van der Waals surface area contributed by atoms with Crippen LogP contribution in [0.1, 0.15) is 5.69 Å². The monoisotopic (exact) mass is 228 g/mol. The Labute approximate surface area is 98.2 Å². The summed E-state index contributed by atoms with van der Waals surface area (Å²) in [6, 6.07) is 8.45. The van der Waals surface area contributed by atoms with Crippen LogP contribution in [0.4, 0.5) is 0 Å². The van der Waals surface area contributed by atoms with Crippen molar-refractivity contribution in [3.63, 3.8) is 0 Å². The number of thiazole rings is 1. The molecule has 80 valence electrons. The van der Waals surface area contributed by atoms with Gasteiger partial charge in [0, 0.05) is 30.7 Å². The molecule has 0 aliphatic carbocycles. The Kier molecular flexibility index (Phi) is 2.46. The molecular formula is C13H12N2S. The van der Waals surface area contributed by atoms with Crippen LogP contribution in [0.15, 0.2) is 47.5 Å². The van der Waals surface area contributed by atoms with Gasteiger partial charge in [-0.2, -0.15) is 0 Å². The third kappa shape index (κ3) is 1.86. The van der Waals surface area contributed by atoms with E-state index in [1.54, 1.807) is 11.3 Å². The summed E-state index contributed by atoms with van der Waals surface area (Å²) < 4.78 is 2.24. The van der Waals surface area contributed by atoms with Crippen molar-refractivity contribution in [1.29, 1.82) is 0 Å². The van der Waals surface area contributed by atoms with Gasteiger partial charge in [-0.1, -0.05) is 24.3 Å². The van der Waals surface area contributed by atoms with Gasteiger partial charge >= 0.3 is 0 Å². The maximum Gasteiger partial charge on any atom is 0.0794 e. The molecule has 0 unspecified atom stereocenters. The van der Waals surface area contributed by atoms with E-state index < -0.39 is 0 Å². The van der Waals surface area contributed by atoms with Gasteiger partial charge in [-0.15, -0.1) is 11.3 Å². The maximum atomic E-state index is 4.29. The van der Waals surface area contributed by atoms with Gasteiger partial charge in [0.05, 0.1) is 11.2 Å². The summed E-state index contributed by atoms with van der Waals surface area (Å²) in [5.41, 5.74) is 3.07. The molecule has 0 spiro atoms. The minimum absolute atomic E-state index is 0.998. The van der Waals surface area contributed by atoms with E-state index in [1.807, 2.05) is 5.51 Å². The predicted molar refractivity (Wildman–Crippen MR) is 67.8 cm³/mol. The molecule has 1 aromatic carbocycles. The van der Waals surface area contributed by atoms with Crippen molar-refractivity contribution in [3.05, 3.63) is 53.2 Å². The van der Waals surface area contributed by atoms with E-state index in [4.69, 9.17) is 0 Å². The molecule has 0 N–H and O–H groups in total. The molecule has 0 radical (unpaired) electrons. The van der Waals surface area contributed by atoms with Crippen molar-refractivity contribution in [2.24, 2.45) is 0 Å². The first-order valence-corrected chi connectivity index (χ1v) is 6.28. The number of hydrogen-bond donors (Lipinski definition) is 0. The molecule has 0 atom stereocenters. The lowest BCUT2D eigenvalue weighted by Crippen LogP contribution is -1.97. The van der Waals surface area contributed by atoms with Crippen LogP contribution in [0.3, 0.4) is 0 Å². The second kappa shape index (κ2) is 4.10. The first kappa shape index (κ1) is 9.60. The number of nitrogens with zero attached hydrogens (tertiary/aromatic N) is 2. The van der Waals surface area contributed by atoms with E-state index in [1.165, 1.54) is 16.5 Å². The Bertz CT molecular complexity index is 548. The molecule has 3 aromatic rings. The lowest BCUT2D eigenvalue weighted by atomic mass is 10.2. The molecule has 0 aliphatic heterocycles. The highest BCUT2D eigenvalue weighted by Crippen LogP contribution is 2.15. The fourth-order valence-electron chi connectivity index (χ4n) is 1.87. The van der Waals surface area contributed by atoms with Crippen molar-refractivity contribution >= 4 is 22.1 Å². The van der Waals surface area contributed by atoms with Crippen LogP contribution in [-0.4, -0.2) is 9.55 Å². The second-order valence-electron chi connectivity index (χ2n) is 3.85. The van der Waals surface area contributed by atoms with Gasteiger partial charge in [0.1, 0.15) is 0 Å².